The lowest BCUT2D eigenvalue weighted by atomic mass is 9.68. The van der Waals surface area contributed by atoms with E-state index in [4.69, 9.17) is 14.2 Å². The van der Waals surface area contributed by atoms with Gasteiger partial charge < -0.3 is 19.2 Å². The first-order chi connectivity index (χ1) is 14.5. The van der Waals surface area contributed by atoms with E-state index in [2.05, 4.69) is 4.98 Å². The molecule has 7 atom stereocenters. The van der Waals surface area contributed by atoms with Crippen molar-refractivity contribution in [1.29, 1.82) is 0 Å². The molecule has 3 fully saturated rings. The number of nitrogens with one attached hydrogen (secondary N) is 1. The summed E-state index contributed by atoms with van der Waals surface area (Å²) < 4.78 is 15.9. The molecule has 0 amide bonds. The molecule has 0 radical (unpaired) electrons. The molecule has 30 heavy (non-hydrogen) atoms. The van der Waals surface area contributed by atoms with Crippen molar-refractivity contribution >= 4 is 35.0 Å². The number of carbonyl (C=O) groups excluding carboxylic acids is 2. The number of benzene rings is 1. The predicted octanol–water partition coefficient (Wildman–Crippen LogP) is 2.64. The van der Waals surface area contributed by atoms with Gasteiger partial charge >= 0.3 is 16.8 Å². The Morgan fingerprint density at radius 2 is 1.77 bits per heavy atom. The van der Waals surface area contributed by atoms with Crippen molar-refractivity contribution < 1.29 is 23.8 Å². The summed E-state index contributed by atoms with van der Waals surface area (Å²) in [6, 6.07) is 5.85. The van der Waals surface area contributed by atoms with Crippen molar-refractivity contribution in [2.75, 3.05) is 14.2 Å². The molecule has 1 saturated heterocycles. The second-order valence-corrected chi connectivity index (χ2v) is 10.5. The number of thiazole rings is 1. The van der Waals surface area contributed by atoms with Crippen LogP contribution >= 0.6 is 23.1 Å². The smallest absolute Gasteiger partial charge is 0.317 e. The van der Waals surface area contributed by atoms with Gasteiger partial charge in [0, 0.05) is 16.0 Å². The number of hydrogen-bond acceptors (Lipinski definition) is 8. The summed E-state index contributed by atoms with van der Waals surface area (Å²) in [6.45, 7) is 0. The molecule has 7 unspecified atom stereocenters. The van der Waals surface area contributed by atoms with Crippen LogP contribution in [-0.4, -0.2) is 36.4 Å². The molecule has 2 aliphatic carbocycles. The molecule has 1 aromatic heterocycles. The molecule has 156 valence electrons. The van der Waals surface area contributed by atoms with Gasteiger partial charge in [0.05, 0.1) is 31.1 Å². The molecule has 2 saturated carbocycles. The molecule has 1 aromatic carbocycles. The van der Waals surface area contributed by atoms with Crippen molar-refractivity contribution in [3.63, 3.8) is 0 Å². The van der Waals surface area contributed by atoms with Crippen LogP contribution in [0.3, 0.4) is 0 Å². The number of rotatable bonds is 3. The summed E-state index contributed by atoms with van der Waals surface area (Å²) in [6.07, 6.45) is 0.849. The van der Waals surface area contributed by atoms with E-state index in [9.17, 15) is 14.4 Å². The number of cyclic esters (lactones) is 2. The number of esters is 2. The molecule has 4 aliphatic rings. The van der Waals surface area contributed by atoms with E-state index in [0.717, 1.165) is 21.9 Å². The minimum atomic E-state index is -0.375. The highest BCUT2D eigenvalue weighted by atomic mass is 32.2. The second kappa shape index (κ2) is 6.37. The van der Waals surface area contributed by atoms with Gasteiger partial charge in [-0.15, -0.1) is 11.8 Å². The summed E-state index contributed by atoms with van der Waals surface area (Å²) in [5, 5.41) is 1.04. The average molecular weight is 446 g/mol. The Bertz CT molecular complexity index is 1140. The number of ether oxygens (including phenoxy) is 3. The zero-order valence-corrected chi connectivity index (χ0v) is 17.9. The largest absolute Gasteiger partial charge is 0.493 e. The van der Waals surface area contributed by atoms with Crippen LogP contribution in [0.15, 0.2) is 28.0 Å². The Balaban J connectivity index is 1.51. The van der Waals surface area contributed by atoms with Gasteiger partial charge in [-0.3, -0.25) is 14.4 Å². The van der Waals surface area contributed by atoms with Gasteiger partial charge in [-0.2, -0.15) is 0 Å². The highest BCUT2D eigenvalue weighted by Crippen LogP contribution is 2.68. The number of thioether (sulfide) groups is 1. The van der Waals surface area contributed by atoms with Gasteiger partial charge in [-0.1, -0.05) is 17.4 Å². The summed E-state index contributed by atoms with van der Waals surface area (Å²) in [5.74, 6) is 0.0932. The summed E-state index contributed by atoms with van der Waals surface area (Å²) in [4.78, 5) is 41.0. The molecule has 2 aliphatic heterocycles. The number of aromatic amines is 1. The molecular weight excluding hydrogens is 426 g/mol. The highest BCUT2D eigenvalue weighted by molar-refractivity contribution is 8.00. The number of methoxy groups -OCH3 is 2. The second-order valence-electron chi connectivity index (χ2n) is 8.31. The Morgan fingerprint density at radius 3 is 2.50 bits per heavy atom. The minimum Gasteiger partial charge on any atom is -0.493 e. The SMILES string of the molecule is COc1ccc(C2c3sc(=O)[nH]c3SC3C4CC(C5C(=O)OC(=O)C45)C23)cc1OC. The Hall–Kier alpha value is -2.26. The lowest BCUT2D eigenvalue weighted by Gasteiger charge is -2.42. The van der Waals surface area contributed by atoms with Crippen LogP contribution in [0.2, 0.25) is 0 Å². The first-order valence-electron chi connectivity index (χ1n) is 9.89. The minimum absolute atomic E-state index is 0.0468. The molecule has 0 spiro atoms. The van der Waals surface area contributed by atoms with Crippen LogP contribution in [0, 0.1) is 29.6 Å². The van der Waals surface area contributed by atoms with Crippen molar-refractivity contribution in [2.45, 2.75) is 22.6 Å². The fourth-order valence-corrected chi connectivity index (χ4v) is 9.12. The first-order valence-corrected chi connectivity index (χ1v) is 11.6. The summed E-state index contributed by atoms with van der Waals surface area (Å²) in [7, 11) is 3.20. The van der Waals surface area contributed by atoms with E-state index < -0.39 is 0 Å². The van der Waals surface area contributed by atoms with E-state index in [1.807, 2.05) is 18.2 Å². The molecule has 3 heterocycles. The van der Waals surface area contributed by atoms with Gasteiger partial charge in [0.2, 0.25) is 0 Å². The van der Waals surface area contributed by atoms with Gasteiger partial charge in [0.25, 0.3) is 0 Å². The first kappa shape index (κ1) is 18.5. The lowest BCUT2D eigenvalue weighted by molar-refractivity contribution is -0.154. The molecular formula is C21H19NO6S2. The van der Waals surface area contributed by atoms with Crippen LogP contribution < -0.4 is 14.3 Å². The van der Waals surface area contributed by atoms with Crippen LogP contribution in [0.5, 0.6) is 11.5 Å². The van der Waals surface area contributed by atoms with Crippen LogP contribution in [-0.2, 0) is 14.3 Å². The maximum atomic E-state index is 12.5. The van der Waals surface area contributed by atoms with Crippen molar-refractivity contribution in [2.24, 2.45) is 29.6 Å². The zero-order chi connectivity index (χ0) is 20.7. The third kappa shape index (κ3) is 2.30. The number of H-pyrrole nitrogens is 1. The van der Waals surface area contributed by atoms with Gasteiger partial charge in [-0.05, 0) is 41.9 Å². The van der Waals surface area contributed by atoms with E-state index in [-0.39, 0.29) is 57.6 Å². The number of hydrogen-bond donors (Lipinski definition) is 1. The fraction of sp³-hybridized carbons (Fsp3) is 0.476. The van der Waals surface area contributed by atoms with Crippen LogP contribution in [0.25, 0.3) is 0 Å². The number of carbonyl (C=O) groups is 2. The molecule has 6 rings (SSSR count). The van der Waals surface area contributed by atoms with Crippen LogP contribution in [0.1, 0.15) is 22.8 Å². The van der Waals surface area contributed by atoms with Crippen molar-refractivity contribution in [1.82, 2.24) is 4.98 Å². The number of fused-ring (bicyclic) bond motifs is 9. The van der Waals surface area contributed by atoms with E-state index in [1.165, 1.54) is 11.3 Å². The van der Waals surface area contributed by atoms with Crippen molar-refractivity contribution in [3.05, 3.63) is 38.3 Å². The van der Waals surface area contributed by atoms with E-state index >= 15 is 0 Å². The lowest BCUT2D eigenvalue weighted by Crippen LogP contribution is -2.42. The van der Waals surface area contributed by atoms with Gasteiger partial charge in [0.1, 0.15) is 0 Å². The monoisotopic (exact) mass is 445 g/mol. The third-order valence-electron chi connectivity index (χ3n) is 7.23. The maximum absolute atomic E-state index is 12.5. The quantitative estimate of drug-likeness (QED) is 0.573. The third-order valence-corrected chi connectivity index (χ3v) is 9.81. The van der Waals surface area contributed by atoms with Crippen LogP contribution in [0.4, 0.5) is 0 Å². The van der Waals surface area contributed by atoms with Gasteiger partial charge in [0.15, 0.2) is 11.5 Å². The van der Waals surface area contributed by atoms with E-state index in [1.54, 1.807) is 26.0 Å². The molecule has 9 heteroatoms. The normalized spacial score (nSPS) is 35.6. The Labute approximate surface area is 180 Å². The average Bonchev–Trinajstić information content (AvgIpc) is 3.46. The number of aromatic nitrogens is 1. The van der Waals surface area contributed by atoms with E-state index in [0.29, 0.717) is 11.5 Å². The predicted molar refractivity (Wildman–Crippen MR) is 109 cm³/mol. The highest BCUT2D eigenvalue weighted by Gasteiger charge is 2.69. The Morgan fingerprint density at radius 1 is 1.03 bits per heavy atom. The standard InChI is InChI=1S/C21H19NO6S2/c1-26-10-4-3-7(5-11(10)27-2)12-13-8-6-9(15-14(8)19(23)28-20(15)24)16(13)29-18-17(12)30-21(25)22-18/h3-5,8-9,12-16H,6H2,1-2H3,(H,22,25). The van der Waals surface area contributed by atoms with Gasteiger partial charge in [-0.25, -0.2) is 0 Å². The molecule has 2 bridgehead atoms. The summed E-state index contributed by atoms with van der Waals surface area (Å²) >= 11 is 2.89. The Kier molecular flexibility index (Phi) is 3.93. The zero-order valence-electron chi connectivity index (χ0n) is 16.2. The topological polar surface area (TPSA) is 94.7 Å². The van der Waals surface area contributed by atoms with Crippen molar-refractivity contribution in [3.8, 4) is 11.5 Å². The molecule has 7 nitrogen and oxygen atoms in total. The molecule has 2 aromatic rings. The molecule has 1 N–H and O–H groups in total. The maximum Gasteiger partial charge on any atom is 0.317 e. The summed E-state index contributed by atoms with van der Waals surface area (Å²) in [5.41, 5.74) is 1.03. The fourth-order valence-electron chi connectivity index (χ4n) is 6.23.